The third-order valence-corrected chi connectivity index (χ3v) is 4.23. The van der Waals surface area contributed by atoms with Gasteiger partial charge in [0.2, 0.25) is 0 Å². The second kappa shape index (κ2) is 3.69. The SMILES string of the molecule is CC1=CC2=C(CC1F)C1OCC(C)CC1C2. The van der Waals surface area contributed by atoms with Crippen LogP contribution in [0.3, 0.4) is 0 Å². The van der Waals surface area contributed by atoms with Crippen LogP contribution in [-0.2, 0) is 4.74 Å². The lowest BCUT2D eigenvalue weighted by molar-refractivity contribution is -0.0250. The van der Waals surface area contributed by atoms with Gasteiger partial charge in [0.15, 0.2) is 0 Å². The van der Waals surface area contributed by atoms with E-state index in [4.69, 9.17) is 4.74 Å². The average molecular weight is 222 g/mol. The summed E-state index contributed by atoms with van der Waals surface area (Å²) < 4.78 is 19.6. The molecular weight excluding hydrogens is 203 g/mol. The highest BCUT2D eigenvalue weighted by Gasteiger charge is 2.40. The molecular formula is C14H19FO. The molecule has 1 heterocycles. The van der Waals surface area contributed by atoms with Crippen molar-refractivity contribution in [3.05, 3.63) is 22.8 Å². The Labute approximate surface area is 96.4 Å². The molecule has 4 unspecified atom stereocenters. The predicted molar refractivity (Wildman–Crippen MR) is 61.9 cm³/mol. The second-order valence-corrected chi connectivity index (χ2v) is 5.67. The minimum Gasteiger partial charge on any atom is -0.373 e. The van der Waals surface area contributed by atoms with E-state index in [-0.39, 0.29) is 6.10 Å². The molecule has 3 rings (SSSR count). The largest absolute Gasteiger partial charge is 0.373 e. The zero-order valence-electron chi connectivity index (χ0n) is 10.0. The van der Waals surface area contributed by atoms with Gasteiger partial charge < -0.3 is 4.74 Å². The lowest BCUT2D eigenvalue weighted by Gasteiger charge is -2.32. The summed E-state index contributed by atoms with van der Waals surface area (Å²) in [5, 5.41) is 0. The Hall–Kier alpha value is -0.630. The van der Waals surface area contributed by atoms with Crippen LogP contribution in [-0.4, -0.2) is 18.9 Å². The average Bonchev–Trinajstić information content (AvgIpc) is 2.55. The number of halogens is 1. The Balaban J connectivity index is 1.86. The summed E-state index contributed by atoms with van der Waals surface area (Å²) in [6, 6.07) is 0. The molecule has 1 fully saturated rings. The summed E-state index contributed by atoms with van der Waals surface area (Å²) in [4.78, 5) is 0. The van der Waals surface area contributed by atoms with Crippen molar-refractivity contribution in [1.29, 1.82) is 0 Å². The van der Waals surface area contributed by atoms with E-state index < -0.39 is 6.17 Å². The number of rotatable bonds is 0. The Morgan fingerprint density at radius 3 is 3.00 bits per heavy atom. The molecule has 1 aliphatic heterocycles. The van der Waals surface area contributed by atoms with Crippen molar-refractivity contribution in [1.82, 2.24) is 0 Å². The lowest BCUT2D eigenvalue weighted by atomic mass is 9.87. The number of fused-ring (bicyclic) bond motifs is 2. The van der Waals surface area contributed by atoms with Crippen molar-refractivity contribution in [3.8, 4) is 0 Å². The first-order valence-electron chi connectivity index (χ1n) is 6.31. The summed E-state index contributed by atoms with van der Waals surface area (Å²) in [7, 11) is 0. The molecule has 1 saturated heterocycles. The number of ether oxygens (including phenoxy) is 1. The fraction of sp³-hybridized carbons (Fsp3) is 0.714. The van der Waals surface area contributed by atoms with Crippen LogP contribution >= 0.6 is 0 Å². The van der Waals surface area contributed by atoms with Crippen LogP contribution in [0.1, 0.15) is 33.1 Å². The summed E-state index contributed by atoms with van der Waals surface area (Å²) in [5.41, 5.74) is 3.52. The van der Waals surface area contributed by atoms with E-state index in [9.17, 15) is 4.39 Å². The molecule has 88 valence electrons. The van der Waals surface area contributed by atoms with Gasteiger partial charge in [-0.2, -0.15) is 0 Å². The Morgan fingerprint density at radius 1 is 1.38 bits per heavy atom. The van der Waals surface area contributed by atoms with Gasteiger partial charge in [0.25, 0.3) is 0 Å². The molecule has 3 aliphatic rings. The normalized spacial score (nSPS) is 42.8. The number of alkyl halides is 1. The molecule has 2 heteroatoms. The van der Waals surface area contributed by atoms with Gasteiger partial charge in [-0.05, 0) is 48.3 Å². The summed E-state index contributed by atoms with van der Waals surface area (Å²) >= 11 is 0. The Morgan fingerprint density at radius 2 is 2.19 bits per heavy atom. The van der Waals surface area contributed by atoms with E-state index in [2.05, 4.69) is 13.0 Å². The van der Waals surface area contributed by atoms with Crippen LogP contribution in [0.15, 0.2) is 22.8 Å². The van der Waals surface area contributed by atoms with Gasteiger partial charge in [-0.15, -0.1) is 0 Å². The summed E-state index contributed by atoms with van der Waals surface area (Å²) in [6.45, 7) is 4.99. The molecule has 4 atom stereocenters. The summed E-state index contributed by atoms with van der Waals surface area (Å²) in [5.74, 6) is 1.27. The minimum atomic E-state index is -0.777. The molecule has 16 heavy (non-hydrogen) atoms. The highest BCUT2D eigenvalue weighted by atomic mass is 19.1. The van der Waals surface area contributed by atoms with Crippen LogP contribution in [0.2, 0.25) is 0 Å². The van der Waals surface area contributed by atoms with E-state index in [0.717, 1.165) is 18.6 Å². The summed E-state index contributed by atoms with van der Waals surface area (Å²) in [6.07, 6.45) is 4.44. The molecule has 0 N–H and O–H groups in total. The van der Waals surface area contributed by atoms with Crippen LogP contribution in [0.4, 0.5) is 4.39 Å². The lowest BCUT2D eigenvalue weighted by Crippen LogP contribution is -2.32. The second-order valence-electron chi connectivity index (χ2n) is 5.67. The number of hydrogen-bond donors (Lipinski definition) is 0. The molecule has 0 radical (unpaired) electrons. The quantitative estimate of drug-likeness (QED) is 0.610. The van der Waals surface area contributed by atoms with Gasteiger partial charge in [-0.25, -0.2) is 4.39 Å². The van der Waals surface area contributed by atoms with Crippen molar-refractivity contribution in [2.45, 2.75) is 45.4 Å². The highest BCUT2D eigenvalue weighted by molar-refractivity contribution is 5.42. The first kappa shape index (κ1) is 10.5. The Bertz CT molecular complexity index is 369. The van der Waals surface area contributed by atoms with Crippen molar-refractivity contribution in [2.75, 3.05) is 6.61 Å². The van der Waals surface area contributed by atoms with E-state index in [1.54, 1.807) is 0 Å². The molecule has 0 aromatic rings. The zero-order valence-corrected chi connectivity index (χ0v) is 10.0. The third-order valence-electron chi connectivity index (χ3n) is 4.23. The predicted octanol–water partition coefficient (Wildman–Crippen LogP) is 3.42. The van der Waals surface area contributed by atoms with E-state index in [1.807, 2.05) is 6.92 Å². The van der Waals surface area contributed by atoms with Crippen LogP contribution in [0.25, 0.3) is 0 Å². The number of hydrogen-bond acceptors (Lipinski definition) is 1. The van der Waals surface area contributed by atoms with Gasteiger partial charge in [-0.1, -0.05) is 13.0 Å². The molecule has 0 spiro atoms. The topological polar surface area (TPSA) is 9.23 Å². The number of allylic oxidation sites excluding steroid dienone is 3. The van der Waals surface area contributed by atoms with Crippen molar-refractivity contribution in [3.63, 3.8) is 0 Å². The monoisotopic (exact) mass is 222 g/mol. The zero-order chi connectivity index (χ0) is 11.3. The molecule has 0 saturated carbocycles. The highest BCUT2D eigenvalue weighted by Crippen LogP contribution is 2.46. The maximum absolute atomic E-state index is 13.7. The standard InChI is InChI=1S/C14H19FO/c1-8-3-11-5-10-4-9(2)13(15)6-12(10)14(11)16-7-8/h4,8,11,13-14H,3,5-7H2,1-2H3. The first-order valence-corrected chi connectivity index (χ1v) is 6.31. The van der Waals surface area contributed by atoms with Crippen LogP contribution in [0, 0.1) is 11.8 Å². The molecule has 0 amide bonds. The van der Waals surface area contributed by atoms with Crippen molar-refractivity contribution < 1.29 is 9.13 Å². The van der Waals surface area contributed by atoms with Crippen LogP contribution in [0.5, 0.6) is 0 Å². The van der Waals surface area contributed by atoms with Crippen LogP contribution < -0.4 is 0 Å². The molecule has 0 aromatic carbocycles. The third kappa shape index (κ3) is 1.55. The van der Waals surface area contributed by atoms with E-state index in [1.165, 1.54) is 17.6 Å². The molecule has 1 nitrogen and oxygen atoms in total. The first-order chi connectivity index (χ1) is 7.65. The van der Waals surface area contributed by atoms with E-state index >= 15 is 0 Å². The van der Waals surface area contributed by atoms with Gasteiger partial charge in [0.1, 0.15) is 6.17 Å². The van der Waals surface area contributed by atoms with Gasteiger partial charge in [0, 0.05) is 13.0 Å². The van der Waals surface area contributed by atoms with Gasteiger partial charge >= 0.3 is 0 Å². The fourth-order valence-electron chi connectivity index (χ4n) is 3.40. The van der Waals surface area contributed by atoms with E-state index in [0.29, 0.717) is 18.3 Å². The molecule has 0 aromatic heterocycles. The van der Waals surface area contributed by atoms with Crippen molar-refractivity contribution in [2.24, 2.45) is 11.8 Å². The molecule has 0 bridgehead atoms. The fourth-order valence-corrected chi connectivity index (χ4v) is 3.40. The maximum atomic E-state index is 13.7. The smallest absolute Gasteiger partial charge is 0.125 e. The van der Waals surface area contributed by atoms with Gasteiger partial charge in [0.05, 0.1) is 6.10 Å². The minimum absolute atomic E-state index is 0.230. The maximum Gasteiger partial charge on any atom is 0.125 e. The van der Waals surface area contributed by atoms with Gasteiger partial charge in [-0.3, -0.25) is 0 Å². The molecule has 2 aliphatic carbocycles. The Kier molecular flexibility index (Phi) is 2.43. The van der Waals surface area contributed by atoms with Crippen molar-refractivity contribution >= 4 is 0 Å².